The summed E-state index contributed by atoms with van der Waals surface area (Å²) in [4.78, 5) is 0. The predicted octanol–water partition coefficient (Wildman–Crippen LogP) is 2.07. The lowest BCUT2D eigenvalue weighted by atomic mass is 9.77. The molecule has 1 aliphatic carbocycles. The maximum atomic E-state index is 5.65. The van der Waals surface area contributed by atoms with Crippen LogP contribution in [0.5, 0.6) is 0 Å². The summed E-state index contributed by atoms with van der Waals surface area (Å²) in [6, 6.07) is 0.419. The van der Waals surface area contributed by atoms with Crippen LogP contribution in [-0.2, 0) is 4.74 Å². The summed E-state index contributed by atoms with van der Waals surface area (Å²) in [7, 11) is 1.77. The highest BCUT2D eigenvalue weighted by Crippen LogP contribution is 2.32. The van der Waals surface area contributed by atoms with Crippen LogP contribution in [0.15, 0.2) is 0 Å². The van der Waals surface area contributed by atoms with Crippen LogP contribution in [0.3, 0.4) is 0 Å². The lowest BCUT2D eigenvalue weighted by Crippen LogP contribution is -2.44. The maximum absolute atomic E-state index is 5.65. The molecule has 1 rings (SSSR count). The first-order valence-corrected chi connectivity index (χ1v) is 6.16. The van der Waals surface area contributed by atoms with Gasteiger partial charge >= 0.3 is 0 Å². The molecule has 0 aromatic rings. The molecule has 15 heavy (non-hydrogen) atoms. The van der Waals surface area contributed by atoms with Crippen molar-refractivity contribution in [2.24, 2.45) is 17.7 Å². The molecule has 0 heterocycles. The van der Waals surface area contributed by atoms with Gasteiger partial charge in [0.25, 0.3) is 0 Å². The zero-order valence-electron chi connectivity index (χ0n) is 10.3. The molecule has 3 nitrogen and oxygen atoms in total. The molecule has 3 heteroatoms. The Hall–Kier alpha value is -0.120. The second-order valence-electron chi connectivity index (χ2n) is 5.09. The van der Waals surface area contributed by atoms with E-state index in [1.54, 1.807) is 7.11 Å². The standard InChI is InChI=1S/C12H26N2O/c1-9-5-4-6-11(7-9)12(14-13)8-10(2)15-3/h9-12,14H,4-8,13H2,1-3H3. The molecule has 1 aliphatic rings. The third kappa shape index (κ3) is 4.09. The Morgan fingerprint density at radius 3 is 2.73 bits per heavy atom. The van der Waals surface area contributed by atoms with Crippen molar-refractivity contribution < 1.29 is 4.74 Å². The van der Waals surface area contributed by atoms with Gasteiger partial charge in [-0.25, -0.2) is 0 Å². The van der Waals surface area contributed by atoms with Gasteiger partial charge in [-0.1, -0.05) is 19.8 Å². The molecule has 1 fully saturated rings. The van der Waals surface area contributed by atoms with E-state index < -0.39 is 0 Å². The summed E-state index contributed by atoms with van der Waals surface area (Å²) in [5.74, 6) is 7.24. The SMILES string of the molecule is COC(C)CC(NN)C1CCCC(C)C1. The summed E-state index contributed by atoms with van der Waals surface area (Å²) in [5, 5.41) is 0. The van der Waals surface area contributed by atoms with Crippen molar-refractivity contribution in [1.29, 1.82) is 0 Å². The number of hydrogen-bond acceptors (Lipinski definition) is 3. The Kier molecular flexibility index (Phi) is 5.58. The number of nitrogens with one attached hydrogen (secondary N) is 1. The van der Waals surface area contributed by atoms with Crippen molar-refractivity contribution in [1.82, 2.24) is 5.43 Å². The fraction of sp³-hybridized carbons (Fsp3) is 1.00. The molecule has 3 N–H and O–H groups in total. The minimum Gasteiger partial charge on any atom is -0.382 e. The molecule has 90 valence electrons. The van der Waals surface area contributed by atoms with Gasteiger partial charge < -0.3 is 4.74 Å². The number of hydrogen-bond donors (Lipinski definition) is 2. The maximum Gasteiger partial charge on any atom is 0.0558 e. The number of hydrazine groups is 1. The van der Waals surface area contributed by atoms with Gasteiger partial charge in [0.2, 0.25) is 0 Å². The average molecular weight is 214 g/mol. The molecular formula is C12H26N2O. The molecule has 0 aromatic heterocycles. The lowest BCUT2D eigenvalue weighted by molar-refractivity contribution is 0.0839. The number of ether oxygens (including phenoxy) is 1. The quantitative estimate of drug-likeness (QED) is 0.544. The molecule has 0 aliphatic heterocycles. The summed E-state index contributed by atoms with van der Waals surface area (Å²) in [6.07, 6.45) is 6.67. The van der Waals surface area contributed by atoms with Crippen molar-refractivity contribution in [3.8, 4) is 0 Å². The Bertz CT molecular complexity index is 175. The van der Waals surface area contributed by atoms with E-state index in [9.17, 15) is 0 Å². The number of rotatable bonds is 5. The van der Waals surface area contributed by atoms with E-state index in [0.29, 0.717) is 12.1 Å². The third-order valence-electron chi connectivity index (χ3n) is 3.75. The molecule has 0 amide bonds. The first-order valence-electron chi connectivity index (χ1n) is 6.16. The van der Waals surface area contributed by atoms with E-state index in [1.807, 2.05) is 0 Å². The van der Waals surface area contributed by atoms with Crippen LogP contribution in [0.25, 0.3) is 0 Å². The van der Waals surface area contributed by atoms with Crippen LogP contribution in [0.1, 0.15) is 46.0 Å². The van der Waals surface area contributed by atoms with Crippen molar-refractivity contribution in [3.63, 3.8) is 0 Å². The van der Waals surface area contributed by atoms with Gasteiger partial charge in [0.05, 0.1) is 6.10 Å². The zero-order chi connectivity index (χ0) is 11.3. The Morgan fingerprint density at radius 1 is 1.47 bits per heavy atom. The Morgan fingerprint density at radius 2 is 2.20 bits per heavy atom. The molecule has 0 aromatic carbocycles. The molecule has 4 unspecified atom stereocenters. The minimum atomic E-state index is 0.295. The molecule has 0 radical (unpaired) electrons. The van der Waals surface area contributed by atoms with Gasteiger partial charge in [-0.2, -0.15) is 0 Å². The van der Waals surface area contributed by atoms with Gasteiger partial charge in [-0.05, 0) is 38.0 Å². The number of nitrogens with two attached hydrogens (primary N) is 1. The first kappa shape index (κ1) is 12.9. The third-order valence-corrected chi connectivity index (χ3v) is 3.75. The summed E-state index contributed by atoms with van der Waals surface area (Å²) in [6.45, 7) is 4.45. The first-order chi connectivity index (χ1) is 7.17. The van der Waals surface area contributed by atoms with Crippen LogP contribution in [0, 0.1) is 11.8 Å². The minimum absolute atomic E-state index is 0.295. The summed E-state index contributed by atoms with van der Waals surface area (Å²) in [5.41, 5.74) is 2.98. The van der Waals surface area contributed by atoms with Crippen LogP contribution in [0.4, 0.5) is 0 Å². The second kappa shape index (κ2) is 6.46. The van der Waals surface area contributed by atoms with Crippen LogP contribution in [0.2, 0.25) is 0 Å². The lowest BCUT2D eigenvalue weighted by Gasteiger charge is -2.34. The largest absolute Gasteiger partial charge is 0.382 e. The van der Waals surface area contributed by atoms with Gasteiger partial charge in [0, 0.05) is 13.2 Å². The van der Waals surface area contributed by atoms with Crippen molar-refractivity contribution in [2.45, 2.75) is 58.1 Å². The average Bonchev–Trinajstić information content (AvgIpc) is 2.25. The molecule has 0 spiro atoms. The van der Waals surface area contributed by atoms with E-state index in [4.69, 9.17) is 10.6 Å². The van der Waals surface area contributed by atoms with E-state index in [2.05, 4.69) is 19.3 Å². The van der Waals surface area contributed by atoms with Crippen LogP contribution >= 0.6 is 0 Å². The topological polar surface area (TPSA) is 47.3 Å². The smallest absolute Gasteiger partial charge is 0.0558 e. The molecule has 4 atom stereocenters. The van der Waals surface area contributed by atoms with E-state index in [0.717, 1.165) is 18.3 Å². The van der Waals surface area contributed by atoms with E-state index in [1.165, 1.54) is 25.7 Å². The van der Waals surface area contributed by atoms with Crippen molar-refractivity contribution in [2.75, 3.05) is 7.11 Å². The summed E-state index contributed by atoms with van der Waals surface area (Å²) < 4.78 is 5.30. The second-order valence-corrected chi connectivity index (χ2v) is 5.09. The van der Waals surface area contributed by atoms with Crippen molar-refractivity contribution in [3.05, 3.63) is 0 Å². The molecule has 0 saturated heterocycles. The zero-order valence-corrected chi connectivity index (χ0v) is 10.3. The summed E-state index contributed by atoms with van der Waals surface area (Å²) >= 11 is 0. The van der Waals surface area contributed by atoms with Gasteiger partial charge in [0.1, 0.15) is 0 Å². The fourth-order valence-electron chi connectivity index (χ4n) is 2.70. The highest BCUT2D eigenvalue weighted by Gasteiger charge is 2.26. The molecular weight excluding hydrogens is 188 g/mol. The normalized spacial score (nSPS) is 31.2. The van der Waals surface area contributed by atoms with Crippen LogP contribution < -0.4 is 11.3 Å². The van der Waals surface area contributed by atoms with Crippen LogP contribution in [-0.4, -0.2) is 19.3 Å². The van der Waals surface area contributed by atoms with Gasteiger partial charge in [0.15, 0.2) is 0 Å². The monoisotopic (exact) mass is 214 g/mol. The van der Waals surface area contributed by atoms with E-state index in [-0.39, 0.29) is 0 Å². The molecule has 0 bridgehead atoms. The van der Waals surface area contributed by atoms with E-state index >= 15 is 0 Å². The fourth-order valence-corrected chi connectivity index (χ4v) is 2.70. The van der Waals surface area contributed by atoms with Gasteiger partial charge in [-0.3, -0.25) is 11.3 Å². The van der Waals surface area contributed by atoms with Gasteiger partial charge in [-0.15, -0.1) is 0 Å². The highest BCUT2D eigenvalue weighted by molar-refractivity contribution is 4.81. The number of methoxy groups -OCH3 is 1. The molecule has 1 saturated carbocycles. The Balaban J connectivity index is 2.42. The predicted molar refractivity (Wildman–Crippen MR) is 63.3 cm³/mol. The highest BCUT2D eigenvalue weighted by atomic mass is 16.5. The Labute approximate surface area is 93.7 Å². The van der Waals surface area contributed by atoms with Crippen molar-refractivity contribution >= 4 is 0 Å².